The van der Waals surface area contributed by atoms with Gasteiger partial charge in [-0.1, -0.05) is 0 Å². The van der Waals surface area contributed by atoms with Crippen molar-refractivity contribution < 1.29 is 9.29 Å². The van der Waals surface area contributed by atoms with E-state index in [2.05, 4.69) is 10.8 Å². The summed E-state index contributed by atoms with van der Waals surface area (Å²) in [5, 5.41) is 0. The minimum atomic E-state index is -1.00. The van der Waals surface area contributed by atoms with Crippen molar-refractivity contribution in [2.45, 2.75) is 63.3 Å². The second kappa shape index (κ2) is 5.21. The number of allylic oxidation sites excluding steroid dienone is 1. The molecule has 17 heavy (non-hydrogen) atoms. The van der Waals surface area contributed by atoms with Crippen LogP contribution in [0.5, 0.6) is 0 Å². The molecule has 0 aromatic heterocycles. The Hall–Kier alpha value is -0.190. The lowest BCUT2D eigenvalue weighted by atomic mass is 10.0. The highest BCUT2D eigenvalue weighted by molar-refractivity contribution is 7.90. The summed E-state index contributed by atoms with van der Waals surface area (Å²) < 4.78 is 20.9. The number of rotatable bonds is 4. The summed E-state index contributed by atoms with van der Waals surface area (Å²) in [4.78, 5) is 0. The topological polar surface area (TPSA) is 44.3 Å². The average molecular weight is 257 g/mol. The van der Waals surface area contributed by atoms with Gasteiger partial charge in [-0.3, -0.25) is 0 Å². The lowest BCUT2D eigenvalue weighted by Crippen LogP contribution is -2.51. The molecule has 2 aliphatic rings. The minimum absolute atomic E-state index is 0.193. The van der Waals surface area contributed by atoms with Crippen molar-refractivity contribution in [1.82, 2.24) is 4.72 Å². The largest absolute Gasteiger partial charge is 0.598 e. The molecule has 4 heteroatoms. The molecule has 98 valence electrons. The first-order valence-electron chi connectivity index (χ1n) is 6.47. The molecule has 0 saturated heterocycles. The summed E-state index contributed by atoms with van der Waals surface area (Å²) in [6.07, 6.45) is 8.63. The van der Waals surface area contributed by atoms with Crippen molar-refractivity contribution in [3.8, 4) is 0 Å². The van der Waals surface area contributed by atoms with Crippen LogP contribution < -0.4 is 4.72 Å². The predicted octanol–water partition coefficient (Wildman–Crippen LogP) is 2.51. The molecule has 0 radical (unpaired) electrons. The lowest BCUT2D eigenvalue weighted by molar-refractivity contribution is 0.0858. The highest BCUT2D eigenvalue weighted by atomic mass is 32.2. The molecule has 0 spiro atoms. The third-order valence-electron chi connectivity index (χ3n) is 3.30. The van der Waals surface area contributed by atoms with Crippen molar-refractivity contribution in [3.63, 3.8) is 0 Å². The van der Waals surface area contributed by atoms with Crippen LogP contribution in [0.3, 0.4) is 0 Å². The van der Waals surface area contributed by atoms with Gasteiger partial charge in [-0.15, -0.1) is 4.72 Å². The van der Waals surface area contributed by atoms with Crippen LogP contribution in [0.2, 0.25) is 0 Å². The van der Waals surface area contributed by atoms with Crippen LogP contribution >= 0.6 is 0 Å². The maximum atomic E-state index is 12.2. The van der Waals surface area contributed by atoms with Gasteiger partial charge in [-0.05, 0) is 58.4 Å². The van der Waals surface area contributed by atoms with Gasteiger partial charge in [0.2, 0.25) is 0 Å². The average Bonchev–Trinajstić information content (AvgIpc) is 3.09. The Morgan fingerprint density at radius 3 is 2.53 bits per heavy atom. The first kappa shape index (κ1) is 13.2. The molecule has 1 N–H and O–H groups in total. The standard InChI is InChI=1S/C13H23NO2S/c1-13(2,3)17(15)14-12(10-7-8-10)11-6-4-5-9-16-11/h5,9-12,14H,4,6-8H2,1-3H3/t11?,12-,17-/m1/s1. The summed E-state index contributed by atoms with van der Waals surface area (Å²) in [6, 6.07) is 0.250. The van der Waals surface area contributed by atoms with Gasteiger partial charge in [0.25, 0.3) is 0 Å². The van der Waals surface area contributed by atoms with Crippen LogP contribution in [0, 0.1) is 5.92 Å². The number of hydrogen-bond acceptors (Lipinski definition) is 3. The Labute approximate surface area is 107 Å². The number of nitrogens with one attached hydrogen (secondary N) is 1. The van der Waals surface area contributed by atoms with Crippen molar-refractivity contribution in [2.24, 2.45) is 5.92 Å². The van der Waals surface area contributed by atoms with Gasteiger partial charge in [0.15, 0.2) is 0 Å². The zero-order valence-corrected chi connectivity index (χ0v) is 11.8. The van der Waals surface area contributed by atoms with Crippen LogP contribution in [0.15, 0.2) is 12.3 Å². The molecule has 3 nitrogen and oxygen atoms in total. The molecule has 2 rings (SSSR count). The van der Waals surface area contributed by atoms with Gasteiger partial charge < -0.3 is 9.29 Å². The first-order chi connectivity index (χ1) is 7.98. The van der Waals surface area contributed by atoms with Gasteiger partial charge >= 0.3 is 0 Å². The summed E-state index contributed by atoms with van der Waals surface area (Å²) in [6.45, 7) is 6.01. The van der Waals surface area contributed by atoms with Crippen molar-refractivity contribution in [3.05, 3.63) is 12.3 Å². The van der Waals surface area contributed by atoms with E-state index < -0.39 is 11.4 Å². The molecule has 1 aliphatic carbocycles. The molecule has 0 bridgehead atoms. The SMILES string of the molecule is CC(C)(C)[S@@+]([O-])N[C@H](C1CC1)C1CCC=CO1. The van der Waals surface area contributed by atoms with E-state index in [1.807, 2.05) is 20.8 Å². The molecule has 1 fully saturated rings. The quantitative estimate of drug-likeness (QED) is 0.787. The Bertz CT molecular complexity index is 284. The molecule has 3 atom stereocenters. The minimum Gasteiger partial charge on any atom is -0.598 e. The van der Waals surface area contributed by atoms with Gasteiger partial charge in [0, 0.05) is 11.4 Å². The Balaban J connectivity index is 1.95. The van der Waals surface area contributed by atoms with Crippen LogP contribution in [0.25, 0.3) is 0 Å². The number of hydrogen-bond donors (Lipinski definition) is 1. The summed E-state index contributed by atoms with van der Waals surface area (Å²) >= 11 is -1.00. The molecule has 1 aliphatic heterocycles. The summed E-state index contributed by atoms with van der Waals surface area (Å²) in [7, 11) is 0. The zero-order chi connectivity index (χ0) is 12.5. The van der Waals surface area contributed by atoms with Crippen LogP contribution in [0.1, 0.15) is 46.5 Å². The normalized spacial score (nSPS) is 28.6. The number of ether oxygens (including phenoxy) is 1. The van der Waals surface area contributed by atoms with Gasteiger partial charge in [-0.25, -0.2) is 0 Å². The van der Waals surface area contributed by atoms with Crippen molar-refractivity contribution in [1.29, 1.82) is 0 Å². The van der Waals surface area contributed by atoms with Gasteiger partial charge in [0.1, 0.15) is 10.9 Å². The van der Waals surface area contributed by atoms with Gasteiger partial charge in [-0.2, -0.15) is 0 Å². The fourth-order valence-corrected chi connectivity index (χ4v) is 2.99. The van der Waals surface area contributed by atoms with E-state index in [1.165, 1.54) is 12.8 Å². The third-order valence-corrected chi connectivity index (χ3v) is 4.90. The first-order valence-corrected chi connectivity index (χ1v) is 7.62. The lowest BCUT2D eigenvalue weighted by Gasteiger charge is -2.32. The highest BCUT2D eigenvalue weighted by Crippen LogP contribution is 2.37. The monoisotopic (exact) mass is 257 g/mol. The molecule has 1 unspecified atom stereocenters. The summed E-state index contributed by atoms with van der Waals surface area (Å²) in [5.74, 6) is 0.651. The predicted molar refractivity (Wildman–Crippen MR) is 70.8 cm³/mol. The molecule has 1 saturated carbocycles. The van der Waals surface area contributed by atoms with Crippen LogP contribution in [-0.4, -0.2) is 21.4 Å². The smallest absolute Gasteiger partial charge is 0.136 e. The zero-order valence-electron chi connectivity index (χ0n) is 10.9. The van der Waals surface area contributed by atoms with Crippen molar-refractivity contribution in [2.75, 3.05) is 0 Å². The molecular weight excluding hydrogens is 234 g/mol. The van der Waals surface area contributed by atoms with Crippen LogP contribution in [-0.2, 0) is 16.1 Å². The van der Waals surface area contributed by atoms with Gasteiger partial charge in [0.05, 0.1) is 12.3 Å². The van der Waals surface area contributed by atoms with E-state index in [-0.39, 0.29) is 16.9 Å². The van der Waals surface area contributed by atoms with E-state index in [0.717, 1.165) is 12.8 Å². The fourth-order valence-electron chi connectivity index (χ4n) is 2.05. The molecular formula is C13H23NO2S. The molecule has 0 aromatic rings. The molecule has 1 heterocycles. The second-order valence-electron chi connectivity index (χ2n) is 5.99. The highest BCUT2D eigenvalue weighted by Gasteiger charge is 2.42. The van der Waals surface area contributed by atoms with E-state index in [9.17, 15) is 4.55 Å². The van der Waals surface area contributed by atoms with E-state index in [0.29, 0.717) is 5.92 Å². The van der Waals surface area contributed by atoms with E-state index in [4.69, 9.17) is 4.74 Å². The maximum absolute atomic E-state index is 12.2. The van der Waals surface area contributed by atoms with E-state index >= 15 is 0 Å². The third kappa shape index (κ3) is 3.63. The van der Waals surface area contributed by atoms with Crippen molar-refractivity contribution >= 4 is 11.4 Å². The molecule has 0 aromatic carbocycles. The Morgan fingerprint density at radius 2 is 2.06 bits per heavy atom. The van der Waals surface area contributed by atoms with Crippen LogP contribution in [0.4, 0.5) is 0 Å². The Morgan fingerprint density at radius 1 is 1.35 bits per heavy atom. The summed E-state index contributed by atoms with van der Waals surface area (Å²) in [5.41, 5.74) is 0. The second-order valence-corrected chi connectivity index (χ2v) is 7.98. The Kier molecular flexibility index (Phi) is 4.06. The van der Waals surface area contributed by atoms with E-state index in [1.54, 1.807) is 6.26 Å². The fraction of sp³-hybridized carbons (Fsp3) is 0.846. The molecule has 0 amide bonds. The maximum Gasteiger partial charge on any atom is 0.136 e.